The molecule has 0 aliphatic rings. The molecular formula is C10H8BrIN2. The summed E-state index contributed by atoms with van der Waals surface area (Å²) >= 11 is 5.70. The van der Waals surface area contributed by atoms with Crippen LogP contribution in [0.3, 0.4) is 0 Å². The smallest absolute Gasteiger partial charge is 0.0868 e. The van der Waals surface area contributed by atoms with Crippen molar-refractivity contribution in [3.8, 4) is 0 Å². The Kier molecular flexibility index (Phi) is 2.66. The van der Waals surface area contributed by atoms with Crippen LogP contribution in [0, 0.1) is 10.5 Å². The number of rotatable bonds is 0. The number of hydrogen-bond acceptors (Lipinski definition) is 2. The minimum Gasteiger partial charge on any atom is -0.397 e. The average molecular weight is 363 g/mol. The molecule has 2 nitrogen and oxygen atoms in total. The third kappa shape index (κ3) is 1.50. The second kappa shape index (κ2) is 3.66. The van der Waals surface area contributed by atoms with E-state index in [1.54, 1.807) is 0 Å². The molecule has 0 bridgehead atoms. The molecule has 72 valence electrons. The van der Waals surface area contributed by atoms with E-state index in [1.165, 1.54) is 0 Å². The average Bonchev–Trinajstić information content (AvgIpc) is 2.17. The molecule has 0 amide bonds. The Balaban J connectivity index is 2.98. The SMILES string of the molecule is Cc1nc2c(Br)cccc2c(N)c1I. The summed E-state index contributed by atoms with van der Waals surface area (Å²) in [5.41, 5.74) is 8.74. The number of halogens is 2. The van der Waals surface area contributed by atoms with Crippen LogP contribution in [0.2, 0.25) is 0 Å². The first kappa shape index (κ1) is 10.2. The Hall–Kier alpha value is -0.360. The summed E-state index contributed by atoms with van der Waals surface area (Å²) in [5, 5.41) is 1.01. The molecule has 4 heteroatoms. The molecule has 0 aliphatic heterocycles. The van der Waals surface area contributed by atoms with Gasteiger partial charge in [-0.3, -0.25) is 4.98 Å². The van der Waals surface area contributed by atoms with Gasteiger partial charge in [0.2, 0.25) is 0 Å². The Morgan fingerprint density at radius 3 is 2.86 bits per heavy atom. The van der Waals surface area contributed by atoms with Crippen molar-refractivity contribution in [2.24, 2.45) is 0 Å². The number of fused-ring (bicyclic) bond motifs is 1. The van der Waals surface area contributed by atoms with Gasteiger partial charge in [-0.25, -0.2) is 0 Å². The van der Waals surface area contributed by atoms with Gasteiger partial charge in [-0.1, -0.05) is 12.1 Å². The van der Waals surface area contributed by atoms with Crippen LogP contribution in [0.1, 0.15) is 5.69 Å². The molecule has 0 saturated heterocycles. The highest BCUT2D eigenvalue weighted by Crippen LogP contribution is 2.30. The van der Waals surface area contributed by atoms with Gasteiger partial charge in [0.1, 0.15) is 0 Å². The van der Waals surface area contributed by atoms with E-state index in [0.29, 0.717) is 0 Å². The molecule has 0 saturated carbocycles. The van der Waals surface area contributed by atoms with Gasteiger partial charge >= 0.3 is 0 Å². The van der Waals surface area contributed by atoms with E-state index in [-0.39, 0.29) is 0 Å². The first-order valence-electron chi connectivity index (χ1n) is 4.11. The molecule has 14 heavy (non-hydrogen) atoms. The third-order valence-corrected chi connectivity index (χ3v) is 4.11. The Labute approximate surface area is 104 Å². The first-order valence-corrected chi connectivity index (χ1v) is 5.98. The zero-order valence-electron chi connectivity index (χ0n) is 7.51. The lowest BCUT2D eigenvalue weighted by Gasteiger charge is -2.07. The monoisotopic (exact) mass is 362 g/mol. The van der Waals surface area contributed by atoms with E-state index < -0.39 is 0 Å². The normalized spacial score (nSPS) is 10.8. The number of aromatic nitrogens is 1. The van der Waals surface area contributed by atoms with Crippen LogP contribution in [0.15, 0.2) is 22.7 Å². The number of pyridine rings is 1. The standard InChI is InChI=1S/C10H8BrIN2/c1-5-8(12)9(13)6-3-2-4-7(11)10(6)14-5/h2-4H,1H3,(H2,13,14). The van der Waals surface area contributed by atoms with Crippen LogP contribution >= 0.6 is 38.5 Å². The van der Waals surface area contributed by atoms with Crippen molar-refractivity contribution >= 4 is 55.1 Å². The molecule has 0 unspecified atom stereocenters. The summed E-state index contributed by atoms with van der Waals surface area (Å²) < 4.78 is 2.02. The highest BCUT2D eigenvalue weighted by molar-refractivity contribution is 14.1. The van der Waals surface area contributed by atoms with Gasteiger partial charge in [0.05, 0.1) is 20.5 Å². The van der Waals surface area contributed by atoms with Crippen molar-refractivity contribution in [3.63, 3.8) is 0 Å². The summed E-state index contributed by atoms with van der Waals surface area (Å²) in [6, 6.07) is 5.93. The van der Waals surface area contributed by atoms with Crippen molar-refractivity contribution < 1.29 is 0 Å². The van der Waals surface area contributed by atoms with Gasteiger partial charge in [-0.15, -0.1) is 0 Å². The van der Waals surface area contributed by atoms with Crippen molar-refractivity contribution in [3.05, 3.63) is 31.9 Å². The summed E-state index contributed by atoms with van der Waals surface area (Å²) in [6.45, 7) is 1.97. The highest BCUT2D eigenvalue weighted by Gasteiger charge is 2.08. The molecule has 0 atom stereocenters. The Bertz CT molecular complexity index is 511. The summed E-state index contributed by atoms with van der Waals surface area (Å²) in [6.07, 6.45) is 0. The maximum atomic E-state index is 6.02. The number of aryl methyl sites for hydroxylation is 1. The maximum absolute atomic E-state index is 6.02. The van der Waals surface area contributed by atoms with Crippen molar-refractivity contribution in [2.75, 3.05) is 5.73 Å². The van der Waals surface area contributed by atoms with Gasteiger partial charge in [-0.05, 0) is 51.5 Å². The van der Waals surface area contributed by atoms with Gasteiger partial charge in [-0.2, -0.15) is 0 Å². The number of nitrogens with zero attached hydrogens (tertiary/aromatic N) is 1. The molecule has 1 heterocycles. The number of hydrogen-bond donors (Lipinski definition) is 1. The van der Waals surface area contributed by atoms with Crippen molar-refractivity contribution in [1.82, 2.24) is 4.98 Å². The number of anilines is 1. The second-order valence-corrected chi connectivity index (χ2v) is 4.99. The minimum atomic E-state index is 0.814. The molecule has 0 spiro atoms. The van der Waals surface area contributed by atoms with Crippen molar-refractivity contribution in [1.29, 1.82) is 0 Å². The molecule has 1 aromatic carbocycles. The molecular weight excluding hydrogens is 355 g/mol. The predicted octanol–water partition coefficient (Wildman–Crippen LogP) is 3.49. The highest BCUT2D eigenvalue weighted by atomic mass is 127. The van der Waals surface area contributed by atoms with E-state index in [4.69, 9.17) is 5.73 Å². The molecule has 2 N–H and O–H groups in total. The number of nitrogens with two attached hydrogens (primary N) is 1. The topological polar surface area (TPSA) is 38.9 Å². The summed E-state index contributed by atoms with van der Waals surface area (Å²) in [7, 11) is 0. The number of nitrogen functional groups attached to an aromatic ring is 1. The maximum Gasteiger partial charge on any atom is 0.0868 e. The first-order chi connectivity index (χ1) is 6.61. The van der Waals surface area contributed by atoms with Gasteiger partial charge < -0.3 is 5.73 Å². The largest absolute Gasteiger partial charge is 0.397 e. The third-order valence-electron chi connectivity index (χ3n) is 2.11. The molecule has 0 aliphatic carbocycles. The van der Waals surface area contributed by atoms with E-state index in [0.717, 1.165) is 30.3 Å². The number of benzene rings is 1. The molecule has 0 fully saturated rings. The second-order valence-electron chi connectivity index (χ2n) is 3.06. The van der Waals surface area contributed by atoms with E-state index in [2.05, 4.69) is 43.5 Å². The van der Waals surface area contributed by atoms with Gasteiger partial charge in [0, 0.05) is 9.86 Å². The van der Waals surface area contributed by atoms with Crippen LogP contribution in [-0.4, -0.2) is 4.98 Å². The quantitative estimate of drug-likeness (QED) is 0.728. The minimum absolute atomic E-state index is 0.814. The van der Waals surface area contributed by atoms with Crippen LogP contribution in [-0.2, 0) is 0 Å². The molecule has 1 aromatic heterocycles. The van der Waals surface area contributed by atoms with Crippen LogP contribution in [0.25, 0.3) is 10.9 Å². The molecule has 2 aromatic rings. The fourth-order valence-electron chi connectivity index (χ4n) is 1.38. The Morgan fingerprint density at radius 2 is 2.14 bits per heavy atom. The van der Waals surface area contributed by atoms with Gasteiger partial charge in [0.25, 0.3) is 0 Å². The summed E-state index contributed by atoms with van der Waals surface area (Å²) in [5.74, 6) is 0. The lowest BCUT2D eigenvalue weighted by Crippen LogP contribution is -1.97. The Morgan fingerprint density at radius 1 is 1.43 bits per heavy atom. The predicted molar refractivity (Wildman–Crippen MR) is 71.3 cm³/mol. The van der Waals surface area contributed by atoms with E-state index in [1.807, 2.05) is 25.1 Å². The molecule has 2 rings (SSSR count). The van der Waals surface area contributed by atoms with Crippen molar-refractivity contribution in [2.45, 2.75) is 6.92 Å². The van der Waals surface area contributed by atoms with Crippen LogP contribution < -0.4 is 5.73 Å². The van der Waals surface area contributed by atoms with E-state index >= 15 is 0 Å². The number of para-hydroxylation sites is 1. The summed E-state index contributed by atoms with van der Waals surface area (Å²) in [4.78, 5) is 4.50. The zero-order valence-corrected chi connectivity index (χ0v) is 11.3. The lowest BCUT2D eigenvalue weighted by molar-refractivity contribution is 1.23. The zero-order chi connectivity index (χ0) is 10.3. The van der Waals surface area contributed by atoms with Gasteiger partial charge in [0.15, 0.2) is 0 Å². The lowest BCUT2D eigenvalue weighted by atomic mass is 10.2. The van der Waals surface area contributed by atoms with Crippen LogP contribution in [0.4, 0.5) is 5.69 Å². The fraction of sp³-hybridized carbons (Fsp3) is 0.100. The molecule has 0 radical (unpaired) electrons. The van der Waals surface area contributed by atoms with E-state index in [9.17, 15) is 0 Å². The van der Waals surface area contributed by atoms with Crippen LogP contribution in [0.5, 0.6) is 0 Å². The fourth-order valence-corrected chi connectivity index (χ4v) is 2.24.